The number of nitrogen functional groups attached to an aromatic ring is 1. The number of thiophene rings is 1. The first-order valence-corrected chi connectivity index (χ1v) is 7.40. The quantitative estimate of drug-likeness (QED) is 0.716. The number of aryl methyl sites for hydroxylation is 1. The summed E-state index contributed by atoms with van der Waals surface area (Å²) in [5, 5.41) is 3.30. The molecule has 3 rings (SSSR count). The summed E-state index contributed by atoms with van der Waals surface area (Å²) in [5.41, 5.74) is 7.95. The summed E-state index contributed by atoms with van der Waals surface area (Å²) in [6.07, 6.45) is 0.958. The van der Waals surface area contributed by atoms with Crippen LogP contribution in [-0.2, 0) is 6.42 Å². The molecular formula is C15H17N3OS. The van der Waals surface area contributed by atoms with E-state index in [1.165, 1.54) is 9.75 Å². The van der Waals surface area contributed by atoms with Crippen molar-refractivity contribution in [2.45, 2.75) is 26.3 Å². The molecule has 2 aromatic heterocycles. The van der Waals surface area contributed by atoms with E-state index in [1.807, 2.05) is 23.5 Å². The van der Waals surface area contributed by atoms with Gasteiger partial charge >= 0.3 is 0 Å². The van der Waals surface area contributed by atoms with Crippen molar-refractivity contribution in [3.63, 3.8) is 0 Å². The lowest BCUT2D eigenvalue weighted by molar-refractivity contribution is 0.599. The molecule has 1 unspecified atom stereocenters. The van der Waals surface area contributed by atoms with Crippen molar-refractivity contribution < 1.29 is 4.42 Å². The van der Waals surface area contributed by atoms with Gasteiger partial charge in [-0.2, -0.15) is 4.98 Å². The molecule has 0 aliphatic carbocycles. The fourth-order valence-corrected chi connectivity index (χ4v) is 3.18. The van der Waals surface area contributed by atoms with E-state index in [9.17, 15) is 0 Å². The summed E-state index contributed by atoms with van der Waals surface area (Å²) < 4.78 is 5.66. The third-order valence-corrected chi connectivity index (χ3v) is 4.11. The zero-order valence-electron chi connectivity index (χ0n) is 11.5. The van der Waals surface area contributed by atoms with Gasteiger partial charge in [0.1, 0.15) is 5.52 Å². The Hall–Kier alpha value is -2.01. The largest absolute Gasteiger partial charge is 0.423 e. The Bertz CT molecular complexity index is 732. The minimum atomic E-state index is 0.262. The van der Waals surface area contributed by atoms with Crippen LogP contribution in [0.25, 0.3) is 11.1 Å². The number of aromatic nitrogens is 1. The average Bonchev–Trinajstić information content (AvgIpc) is 2.94. The Kier molecular flexibility index (Phi) is 3.36. The van der Waals surface area contributed by atoms with Gasteiger partial charge in [-0.3, -0.25) is 0 Å². The third kappa shape index (κ3) is 2.77. The van der Waals surface area contributed by atoms with Gasteiger partial charge < -0.3 is 15.5 Å². The van der Waals surface area contributed by atoms with E-state index in [4.69, 9.17) is 10.2 Å². The van der Waals surface area contributed by atoms with Gasteiger partial charge in [-0.1, -0.05) is 0 Å². The number of nitrogens with two attached hydrogens (primary N) is 1. The second-order valence-corrected chi connectivity index (χ2v) is 6.38. The molecule has 3 N–H and O–H groups in total. The van der Waals surface area contributed by atoms with Gasteiger partial charge in [-0.15, -0.1) is 11.3 Å². The molecule has 0 aliphatic heterocycles. The number of nitrogens with one attached hydrogen (secondary N) is 1. The molecular weight excluding hydrogens is 270 g/mol. The maximum absolute atomic E-state index is 5.73. The van der Waals surface area contributed by atoms with Crippen molar-refractivity contribution in [2.24, 2.45) is 0 Å². The summed E-state index contributed by atoms with van der Waals surface area (Å²) in [6.45, 7) is 4.25. The molecule has 0 saturated carbocycles. The maximum Gasteiger partial charge on any atom is 0.295 e. The van der Waals surface area contributed by atoms with E-state index in [2.05, 4.69) is 36.3 Å². The highest BCUT2D eigenvalue weighted by atomic mass is 32.1. The summed E-state index contributed by atoms with van der Waals surface area (Å²) in [7, 11) is 0. The molecule has 1 atom stereocenters. The summed E-state index contributed by atoms with van der Waals surface area (Å²) >= 11 is 1.83. The zero-order valence-corrected chi connectivity index (χ0v) is 12.3. The first-order valence-electron chi connectivity index (χ1n) is 6.58. The zero-order chi connectivity index (χ0) is 14.1. The van der Waals surface area contributed by atoms with Crippen LogP contribution in [0.15, 0.2) is 34.7 Å². The first-order chi connectivity index (χ1) is 9.60. The van der Waals surface area contributed by atoms with Crippen molar-refractivity contribution in [1.82, 2.24) is 4.98 Å². The second kappa shape index (κ2) is 5.17. The SMILES string of the molecule is Cc1ccc(CC(C)Nc2nc3ccc(N)cc3o2)s1. The Balaban J connectivity index is 1.72. The van der Waals surface area contributed by atoms with Crippen LogP contribution in [0, 0.1) is 6.92 Å². The number of hydrogen-bond acceptors (Lipinski definition) is 5. The summed E-state index contributed by atoms with van der Waals surface area (Å²) in [6, 6.07) is 10.6. The van der Waals surface area contributed by atoms with Crippen LogP contribution in [0.5, 0.6) is 0 Å². The smallest absolute Gasteiger partial charge is 0.295 e. The summed E-state index contributed by atoms with van der Waals surface area (Å²) in [5.74, 6) is 0. The molecule has 4 nitrogen and oxygen atoms in total. The van der Waals surface area contributed by atoms with Gasteiger partial charge in [-0.05, 0) is 38.1 Å². The lowest BCUT2D eigenvalue weighted by Crippen LogP contribution is -2.17. The highest BCUT2D eigenvalue weighted by Gasteiger charge is 2.10. The average molecular weight is 287 g/mol. The van der Waals surface area contributed by atoms with Crippen molar-refractivity contribution in [3.8, 4) is 0 Å². The van der Waals surface area contributed by atoms with Gasteiger partial charge in [0.2, 0.25) is 0 Å². The lowest BCUT2D eigenvalue weighted by atomic mass is 10.2. The normalized spacial score (nSPS) is 12.7. The monoisotopic (exact) mass is 287 g/mol. The second-order valence-electron chi connectivity index (χ2n) is 5.01. The van der Waals surface area contributed by atoms with Crippen LogP contribution in [-0.4, -0.2) is 11.0 Å². The Labute approximate surface area is 121 Å². The molecule has 0 saturated heterocycles. The van der Waals surface area contributed by atoms with E-state index in [-0.39, 0.29) is 6.04 Å². The van der Waals surface area contributed by atoms with E-state index in [0.29, 0.717) is 17.3 Å². The van der Waals surface area contributed by atoms with E-state index < -0.39 is 0 Å². The van der Waals surface area contributed by atoms with Crippen molar-refractivity contribution in [3.05, 3.63) is 40.1 Å². The summed E-state index contributed by atoms with van der Waals surface area (Å²) in [4.78, 5) is 7.11. The third-order valence-electron chi connectivity index (χ3n) is 3.09. The van der Waals surface area contributed by atoms with Crippen molar-refractivity contribution in [1.29, 1.82) is 0 Å². The maximum atomic E-state index is 5.73. The molecule has 1 aromatic carbocycles. The molecule has 3 aromatic rings. The Morgan fingerprint density at radius 3 is 2.95 bits per heavy atom. The number of nitrogens with zero attached hydrogens (tertiary/aromatic N) is 1. The number of benzene rings is 1. The molecule has 0 aliphatic rings. The van der Waals surface area contributed by atoms with Gasteiger partial charge in [0.15, 0.2) is 5.58 Å². The Morgan fingerprint density at radius 1 is 1.35 bits per heavy atom. The predicted octanol–water partition coefficient (Wildman–Crippen LogP) is 3.82. The molecule has 5 heteroatoms. The predicted molar refractivity (Wildman–Crippen MR) is 84.3 cm³/mol. The van der Waals surface area contributed by atoms with E-state index in [1.54, 1.807) is 6.07 Å². The molecule has 2 heterocycles. The number of oxazole rings is 1. The number of rotatable bonds is 4. The van der Waals surface area contributed by atoms with Crippen molar-refractivity contribution in [2.75, 3.05) is 11.1 Å². The van der Waals surface area contributed by atoms with Crippen LogP contribution < -0.4 is 11.1 Å². The molecule has 0 fully saturated rings. The number of fused-ring (bicyclic) bond motifs is 1. The minimum Gasteiger partial charge on any atom is -0.423 e. The lowest BCUT2D eigenvalue weighted by Gasteiger charge is -2.10. The van der Waals surface area contributed by atoms with Crippen molar-refractivity contribution >= 4 is 34.1 Å². The highest BCUT2D eigenvalue weighted by molar-refractivity contribution is 7.11. The first kappa shape index (κ1) is 13.0. The fraction of sp³-hybridized carbons (Fsp3) is 0.267. The standard InChI is InChI=1S/C15H17N3OS/c1-9(7-12-5-3-10(2)20-12)17-15-18-13-6-4-11(16)8-14(13)19-15/h3-6,8-9H,7,16H2,1-2H3,(H,17,18). The highest BCUT2D eigenvalue weighted by Crippen LogP contribution is 2.23. The molecule has 20 heavy (non-hydrogen) atoms. The van der Waals surface area contributed by atoms with Crippen LogP contribution >= 0.6 is 11.3 Å². The van der Waals surface area contributed by atoms with Gasteiger partial charge in [0.05, 0.1) is 0 Å². The topological polar surface area (TPSA) is 64.1 Å². The van der Waals surface area contributed by atoms with E-state index >= 15 is 0 Å². The van der Waals surface area contributed by atoms with Gasteiger partial charge in [-0.25, -0.2) is 0 Å². The van der Waals surface area contributed by atoms with E-state index in [0.717, 1.165) is 11.9 Å². The van der Waals surface area contributed by atoms with Crippen LogP contribution in [0.1, 0.15) is 16.7 Å². The number of hydrogen-bond donors (Lipinski definition) is 2. The van der Waals surface area contributed by atoms with Crippen LogP contribution in [0.3, 0.4) is 0 Å². The molecule has 0 spiro atoms. The van der Waals surface area contributed by atoms with Crippen LogP contribution in [0.2, 0.25) is 0 Å². The fourth-order valence-electron chi connectivity index (χ4n) is 2.16. The number of anilines is 2. The molecule has 0 amide bonds. The van der Waals surface area contributed by atoms with Gasteiger partial charge in [0.25, 0.3) is 6.01 Å². The minimum absolute atomic E-state index is 0.262. The molecule has 0 radical (unpaired) electrons. The van der Waals surface area contributed by atoms with Gasteiger partial charge in [0, 0.05) is 34.0 Å². The van der Waals surface area contributed by atoms with Crippen LogP contribution in [0.4, 0.5) is 11.7 Å². The molecule has 0 bridgehead atoms. The molecule has 104 valence electrons. The Morgan fingerprint density at radius 2 is 2.20 bits per heavy atom.